The van der Waals surface area contributed by atoms with E-state index in [1.807, 2.05) is 0 Å². The lowest BCUT2D eigenvalue weighted by molar-refractivity contribution is -0.142. The van der Waals surface area contributed by atoms with Crippen molar-refractivity contribution in [2.24, 2.45) is 0 Å². The van der Waals surface area contributed by atoms with Crippen molar-refractivity contribution < 1.29 is 28.3 Å². The van der Waals surface area contributed by atoms with Gasteiger partial charge < -0.3 is 10.1 Å². The Bertz CT molecular complexity index is 1290. The van der Waals surface area contributed by atoms with E-state index in [0.29, 0.717) is 22.4 Å². The number of carbonyl (C=O) groups is 4. The molecule has 0 bridgehead atoms. The first kappa shape index (κ1) is 20.9. The zero-order chi connectivity index (χ0) is 22.7. The van der Waals surface area contributed by atoms with E-state index >= 15 is 0 Å². The third kappa shape index (κ3) is 4.37. The molecule has 0 aliphatic heterocycles. The minimum Gasteiger partial charge on any atom is -0.452 e. The van der Waals surface area contributed by atoms with Gasteiger partial charge in [0, 0.05) is 34.0 Å². The number of benzene rings is 3. The molecule has 0 radical (unpaired) electrons. The summed E-state index contributed by atoms with van der Waals surface area (Å²) in [6, 6.07) is 16.6. The van der Waals surface area contributed by atoms with E-state index in [0.717, 1.165) is 6.08 Å². The summed E-state index contributed by atoms with van der Waals surface area (Å²) >= 11 is 0. The summed E-state index contributed by atoms with van der Waals surface area (Å²) in [4.78, 5) is 49.3. The van der Waals surface area contributed by atoms with Crippen molar-refractivity contribution in [2.75, 3.05) is 11.9 Å². The fraction of sp³-hybridized carbons (Fsp3) is 0.0400. The predicted molar refractivity (Wildman–Crippen MR) is 115 cm³/mol. The number of fused-ring (bicyclic) bond motifs is 2. The van der Waals surface area contributed by atoms with Crippen LogP contribution in [0.5, 0.6) is 0 Å². The molecule has 0 saturated heterocycles. The highest BCUT2D eigenvalue weighted by molar-refractivity contribution is 6.28. The molecule has 3 aromatic rings. The predicted octanol–water partition coefficient (Wildman–Crippen LogP) is 3.80. The van der Waals surface area contributed by atoms with Crippen LogP contribution < -0.4 is 5.32 Å². The van der Waals surface area contributed by atoms with Crippen LogP contribution in [0.4, 0.5) is 10.1 Å². The molecule has 6 nitrogen and oxygen atoms in total. The van der Waals surface area contributed by atoms with E-state index in [1.54, 1.807) is 30.3 Å². The van der Waals surface area contributed by atoms with Crippen molar-refractivity contribution >= 4 is 35.2 Å². The number of ketones is 2. The van der Waals surface area contributed by atoms with Gasteiger partial charge in [0.25, 0.3) is 5.91 Å². The third-order valence-corrected chi connectivity index (χ3v) is 4.81. The summed E-state index contributed by atoms with van der Waals surface area (Å²) in [5.41, 5.74) is 1.89. The molecule has 1 aliphatic rings. The fourth-order valence-electron chi connectivity index (χ4n) is 3.33. The lowest BCUT2D eigenvalue weighted by Crippen LogP contribution is -2.23. The topological polar surface area (TPSA) is 89.5 Å². The van der Waals surface area contributed by atoms with Gasteiger partial charge in [0.15, 0.2) is 18.2 Å². The van der Waals surface area contributed by atoms with Crippen molar-refractivity contribution in [1.82, 2.24) is 0 Å². The van der Waals surface area contributed by atoms with Gasteiger partial charge in [-0.2, -0.15) is 0 Å². The number of ether oxygens (including phenoxy) is 1. The number of amides is 1. The number of esters is 1. The average Bonchev–Trinajstić information content (AvgIpc) is 2.80. The normalized spacial score (nSPS) is 12.3. The van der Waals surface area contributed by atoms with E-state index in [-0.39, 0.29) is 22.7 Å². The van der Waals surface area contributed by atoms with Crippen molar-refractivity contribution in [1.29, 1.82) is 0 Å². The van der Waals surface area contributed by atoms with E-state index in [2.05, 4.69) is 5.32 Å². The summed E-state index contributed by atoms with van der Waals surface area (Å²) in [5.74, 6) is -2.39. The molecule has 32 heavy (non-hydrogen) atoms. The van der Waals surface area contributed by atoms with Gasteiger partial charge in [0.05, 0.1) is 0 Å². The number of anilines is 1. The van der Waals surface area contributed by atoms with Gasteiger partial charge in [-0.25, -0.2) is 9.18 Å². The molecule has 1 aliphatic carbocycles. The Morgan fingerprint density at radius 1 is 0.844 bits per heavy atom. The van der Waals surface area contributed by atoms with Crippen molar-refractivity contribution in [3.8, 4) is 0 Å². The molecule has 1 amide bonds. The van der Waals surface area contributed by atoms with E-state index in [9.17, 15) is 23.6 Å². The molecule has 0 unspecified atom stereocenters. The second kappa shape index (κ2) is 8.77. The molecule has 0 saturated carbocycles. The smallest absolute Gasteiger partial charge is 0.331 e. The van der Waals surface area contributed by atoms with E-state index in [4.69, 9.17) is 4.74 Å². The van der Waals surface area contributed by atoms with Crippen LogP contribution >= 0.6 is 0 Å². The Kier molecular flexibility index (Phi) is 5.72. The van der Waals surface area contributed by atoms with Gasteiger partial charge in [-0.3, -0.25) is 14.4 Å². The Balaban J connectivity index is 1.38. The van der Waals surface area contributed by atoms with Gasteiger partial charge in [0.2, 0.25) is 0 Å². The largest absolute Gasteiger partial charge is 0.452 e. The number of hydrogen-bond acceptors (Lipinski definition) is 5. The van der Waals surface area contributed by atoms with Crippen LogP contribution in [0.1, 0.15) is 37.4 Å². The molecule has 7 heteroatoms. The number of rotatable bonds is 5. The number of halogens is 1. The highest BCUT2D eigenvalue weighted by Gasteiger charge is 2.29. The number of nitrogens with one attached hydrogen (secondary N) is 1. The van der Waals surface area contributed by atoms with Crippen LogP contribution in [0.2, 0.25) is 0 Å². The minimum absolute atomic E-state index is 0.196. The maximum absolute atomic E-state index is 13.1. The van der Waals surface area contributed by atoms with Gasteiger partial charge in [-0.15, -0.1) is 0 Å². The summed E-state index contributed by atoms with van der Waals surface area (Å²) < 4.78 is 18.0. The maximum atomic E-state index is 13.1. The molecular weight excluding hydrogens is 413 g/mol. The Hall–Kier alpha value is -4.39. The second-order valence-electron chi connectivity index (χ2n) is 7.01. The third-order valence-electron chi connectivity index (χ3n) is 4.81. The SMILES string of the molecule is O=C(COC(=O)C=Cc1cccc(F)c1)Nc1ccc2c(c1)C(=O)c1ccccc1C2=O. The van der Waals surface area contributed by atoms with Crippen LogP contribution in [-0.2, 0) is 14.3 Å². The summed E-state index contributed by atoms with van der Waals surface area (Å²) in [6.45, 7) is -0.556. The zero-order valence-corrected chi connectivity index (χ0v) is 16.6. The lowest BCUT2D eigenvalue weighted by atomic mass is 9.84. The quantitative estimate of drug-likeness (QED) is 0.385. The average molecular weight is 429 g/mol. The van der Waals surface area contributed by atoms with E-state index < -0.39 is 24.3 Å². The molecule has 4 rings (SSSR count). The van der Waals surface area contributed by atoms with Crippen LogP contribution in [0, 0.1) is 5.82 Å². The van der Waals surface area contributed by atoms with Crippen molar-refractivity contribution in [2.45, 2.75) is 0 Å². The Labute approximate surface area is 182 Å². The molecule has 0 heterocycles. The monoisotopic (exact) mass is 429 g/mol. The van der Waals surface area contributed by atoms with Gasteiger partial charge in [-0.05, 0) is 42.0 Å². The molecular formula is C25H16FNO5. The Morgan fingerprint density at radius 3 is 2.25 bits per heavy atom. The molecule has 0 atom stereocenters. The molecule has 158 valence electrons. The molecule has 0 aromatic heterocycles. The summed E-state index contributed by atoms with van der Waals surface area (Å²) in [6.07, 6.45) is 2.45. The lowest BCUT2D eigenvalue weighted by Gasteiger charge is -2.18. The van der Waals surface area contributed by atoms with Crippen LogP contribution in [0.25, 0.3) is 6.08 Å². The zero-order valence-electron chi connectivity index (χ0n) is 16.6. The van der Waals surface area contributed by atoms with Crippen LogP contribution in [-0.4, -0.2) is 30.0 Å². The first-order chi connectivity index (χ1) is 15.4. The summed E-state index contributed by atoms with van der Waals surface area (Å²) in [5, 5.41) is 2.53. The van der Waals surface area contributed by atoms with Gasteiger partial charge in [0.1, 0.15) is 5.82 Å². The second-order valence-corrected chi connectivity index (χ2v) is 7.01. The number of hydrogen-bond donors (Lipinski definition) is 1. The highest BCUT2D eigenvalue weighted by Crippen LogP contribution is 2.29. The van der Waals surface area contributed by atoms with E-state index in [1.165, 1.54) is 42.5 Å². The fourth-order valence-corrected chi connectivity index (χ4v) is 3.33. The first-order valence-corrected chi connectivity index (χ1v) is 9.65. The first-order valence-electron chi connectivity index (χ1n) is 9.65. The highest BCUT2D eigenvalue weighted by atomic mass is 19.1. The Morgan fingerprint density at radius 2 is 1.53 bits per heavy atom. The van der Waals surface area contributed by atoms with Crippen LogP contribution in [0.3, 0.4) is 0 Å². The minimum atomic E-state index is -0.771. The maximum Gasteiger partial charge on any atom is 0.331 e. The summed E-state index contributed by atoms with van der Waals surface area (Å²) in [7, 11) is 0. The number of carbonyl (C=O) groups excluding carboxylic acids is 4. The van der Waals surface area contributed by atoms with Crippen molar-refractivity contribution in [3.05, 3.63) is 106 Å². The van der Waals surface area contributed by atoms with Crippen LogP contribution in [0.15, 0.2) is 72.8 Å². The van der Waals surface area contributed by atoms with Crippen molar-refractivity contribution in [3.63, 3.8) is 0 Å². The standard InChI is InChI=1S/C25H16FNO5/c26-16-5-3-4-15(12-16)8-11-23(29)32-14-22(28)27-17-9-10-20-21(13-17)25(31)19-7-2-1-6-18(19)24(20)30/h1-13H,14H2,(H,27,28). The molecule has 0 fully saturated rings. The molecule has 0 spiro atoms. The van der Waals surface area contributed by atoms with Gasteiger partial charge in [-0.1, -0.05) is 36.4 Å². The molecule has 3 aromatic carbocycles. The molecule has 1 N–H and O–H groups in total. The van der Waals surface area contributed by atoms with Gasteiger partial charge >= 0.3 is 5.97 Å².